The van der Waals surface area contributed by atoms with Crippen molar-refractivity contribution in [1.82, 2.24) is 0 Å². The van der Waals surface area contributed by atoms with Crippen LogP contribution < -0.4 is 10.5 Å². The number of rotatable bonds is 4. The molecule has 0 aromatic heterocycles. The molecule has 2 aliphatic rings. The first-order chi connectivity index (χ1) is 12.2. The Bertz CT molecular complexity index is 693. The van der Waals surface area contributed by atoms with E-state index in [-0.39, 0.29) is 29.3 Å². The van der Waals surface area contributed by atoms with Crippen molar-refractivity contribution in [3.8, 4) is 5.75 Å². The van der Waals surface area contributed by atoms with Gasteiger partial charge in [0, 0.05) is 17.8 Å². The summed E-state index contributed by atoms with van der Waals surface area (Å²) in [5.41, 5.74) is 5.32. The van der Waals surface area contributed by atoms with Crippen LogP contribution in [0.5, 0.6) is 5.75 Å². The molecule has 1 aliphatic carbocycles. The molecule has 1 aliphatic heterocycles. The van der Waals surface area contributed by atoms with E-state index in [0.29, 0.717) is 19.3 Å². The molecule has 1 unspecified atom stereocenters. The minimum absolute atomic E-state index is 0.0125. The second-order valence-corrected chi connectivity index (χ2v) is 8.33. The van der Waals surface area contributed by atoms with Crippen LogP contribution in [0.2, 0.25) is 0 Å². The summed E-state index contributed by atoms with van der Waals surface area (Å²) in [5, 5.41) is 0. The molecule has 6 nitrogen and oxygen atoms in total. The molecule has 1 saturated carbocycles. The lowest BCUT2D eigenvalue weighted by atomic mass is 9.64. The van der Waals surface area contributed by atoms with Crippen molar-refractivity contribution in [3.05, 3.63) is 29.8 Å². The Labute approximate surface area is 154 Å². The quantitative estimate of drug-likeness (QED) is 0.833. The molecule has 0 bridgehead atoms. The largest absolute Gasteiger partial charge is 0.497 e. The molecule has 0 radical (unpaired) electrons. The van der Waals surface area contributed by atoms with E-state index < -0.39 is 11.7 Å². The first-order valence-corrected chi connectivity index (χ1v) is 8.98. The van der Waals surface area contributed by atoms with Crippen LogP contribution in [0.25, 0.3) is 0 Å². The fraction of sp³-hybridized carbons (Fsp3) is 0.600. The molecule has 1 amide bonds. The highest BCUT2D eigenvalue weighted by atomic mass is 16.6. The summed E-state index contributed by atoms with van der Waals surface area (Å²) in [6, 6.07) is 7.82. The van der Waals surface area contributed by atoms with Crippen LogP contribution in [0.4, 0.5) is 4.79 Å². The SMILES string of the molecule is COc1ccc(CC2(C(C)(C)C)OC(=O)[C@@H]3C[C@H](OC(N)=O)C[C@@H]32)cc1. The van der Waals surface area contributed by atoms with Gasteiger partial charge in [-0.15, -0.1) is 0 Å². The van der Waals surface area contributed by atoms with E-state index in [2.05, 4.69) is 20.8 Å². The Kier molecular flexibility index (Phi) is 4.63. The van der Waals surface area contributed by atoms with E-state index in [1.807, 2.05) is 24.3 Å². The third kappa shape index (κ3) is 3.13. The molecule has 2 fully saturated rings. The smallest absolute Gasteiger partial charge is 0.404 e. The maximum Gasteiger partial charge on any atom is 0.404 e. The minimum atomic E-state index is -0.792. The minimum Gasteiger partial charge on any atom is -0.497 e. The lowest BCUT2D eigenvalue weighted by molar-refractivity contribution is -0.164. The summed E-state index contributed by atoms with van der Waals surface area (Å²) in [5.74, 6) is 0.322. The molecule has 26 heavy (non-hydrogen) atoms. The molecule has 4 atom stereocenters. The number of hydrogen-bond acceptors (Lipinski definition) is 5. The third-order valence-electron chi connectivity index (χ3n) is 5.88. The number of primary amides is 1. The topological polar surface area (TPSA) is 87.8 Å². The maximum absolute atomic E-state index is 12.6. The second-order valence-electron chi connectivity index (χ2n) is 8.33. The van der Waals surface area contributed by atoms with Crippen molar-refractivity contribution in [2.24, 2.45) is 23.0 Å². The summed E-state index contributed by atoms with van der Waals surface area (Å²) < 4.78 is 16.5. The molecule has 1 heterocycles. The Morgan fingerprint density at radius 2 is 1.92 bits per heavy atom. The Balaban J connectivity index is 1.92. The van der Waals surface area contributed by atoms with Gasteiger partial charge < -0.3 is 19.9 Å². The van der Waals surface area contributed by atoms with E-state index in [0.717, 1.165) is 11.3 Å². The lowest BCUT2D eigenvalue weighted by Crippen LogP contribution is -2.50. The van der Waals surface area contributed by atoms with Gasteiger partial charge in [-0.1, -0.05) is 32.9 Å². The van der Waals surface area contributed by atoms with Crippen LogP contribution in [-0.2, 0) is 20.7 Å². The van der Waals surface area contributed by atoms with Crippen LogP contribution in [0.3, 0.4) is 0 Å². The Hall–Kier alpha value is -2.24. The maximum atomic E-state index is 12.6. The van der Waals surface area contributed by atoms with E-state index in [4.69, 9.17) is 19.9 Å². The van der Waals surface area contributed by atoms with Crippen LogP contribution in [0.15, 0.2) is 24.3 Å². The molecule has 2 N–H and O–H groups in total. The fourth-order valence-electron chi connectivity index (χ4n) is 4.55. The van der Waals surface area contributed by atoms with Gasteiger partial charge in [0.2, 0.25) is 0 Å². The number of nitrogens with two attached hydrogens (primary N) is 1. The lowest BCUT2D eigenvalue weighted by Gasteiger charge is -2.44. The number of amides is 1. The van der Waals surface area contributed by atoms with Gasteiger partial charge in [0.15, 0.2) is 0 Å². The number of esters is 1. The van der Waals surface area contributed by atoms with Gasteiger partial charge in [0.05, 0.1) is 13.0 Å². The molecule has 142 valence electrons. The Morgan fingerprint density at radius 1 is 1.27 bits per heavy atom. The summed E-state index contributed by atoms with van der Waals surface area (Å²) in [6.45, 7) is 6.28. The number of ether oxygens (including phenoxy) is 3. The number of carbonyl (C=O) groups is 2. The molecule has 0 spiro atoms. The van der Waals surface area contributed by atoms with Gasteiger partial charge in [-0.2, -0.15) is 0 Å². The molecule has 6 heteroatoms. The van der Waals surface area contributed by atoms with Crippen LogP contribution in [0.1, 0.15) is 39.2 Å². The van der Waals surface area contributed by atoms with Gasteiger partial charge in [0.25, 0.3) is 0 Å². The van der Waals surface area contributed by atoms with Crippen LogP contribution in [-0.4, -0.2) is 30.9 Å². The zero-order valence-corrected chi connectivity index (χ0v) is 15.8. The third-order valence-corrected chi connectivity index (χ3v) is 5.88. The molecule has 1 aromatic rings. The fourth-order valence-corrected chi connectivity index (χ4v) is 4.55. The number of fused-ring (bicyclic) bond motifs is 1. The van der Waals surface area contributed by atoms with E-state index in [9.17, 15) is 9.59 Å². The summed E-state index contributed by atoms with van der Waals surface area (Å²) in [6.07, 6.45) is 0.559. The van der Waals surface area contributed by atoms with Crippen molar-refractivity contribution < 1.29 is 23.8 Å². The standard InChI is InChI=1S/C20H27NO5/c1-19(2,3)20(11-12-5-7-13(24-4)8-6-12)16-10-14(25-18(21)23)9-15(16)17(22)26-20/h5-8,14-16H,9-11H2,1-4H3,(H2,21,23)/t14-,15+,16-,20?/m0/s1. The summed E-state index contributed by atoms with van der Waals surface area (Å²) in [4.78, 5) is 23.8. The van der Waals surface area contributed by atoms with Crippen molar-refractivity contribution in [2.75, 3.05) is 7.11 Å². The number of methoxy groups -OCH3 is 1. The van der Waals surface area contributed by atoms with Crippen LogP contribution >= 0.6 is 0 Å². The van der Waals surface area contributed by atoms with Gasteiger partial charge in [-0.3, -0.25) is 4.79 Å². The van der Waals surface area contributed by atoms with Gasteiger partial charge in [-0.25, -0.2) is 4.79 Å². The number of cyclic esters (lactones) is 1. The number of carbonyl (C=O) groups excluding carboxylic acids is 2. The van der Waals surface area contributed by atoms with Crippen molar-refractivity contribution in [3.63, 3.8) is 0 Å². The Morgan fingerprint density at radius 3 is 2.46 bits per heavy atom. The monoisotopic (exact) mass is 361 g/mol. The highest BCUT2D eigenvalue weighted by Crippen LogP contribution is 2.56. The normalized spacial score (nSPS) is 30.6. The molecular weight excluding hydrogens is 334 g/mol. The average Bonchev–Trinajstić information content (AvgIpc) is 3.07. The second kappa shape index (κ2) is 6.49. The predicted molar refractivity (Wildman–Crippen MR) is 95.6 cm³/mol. The van der Waals surface area contributed by atoms with Gasteiger partial charge in [-0.05, 0) is 30.5 Å². The predicted octanol–water partition coefficient (Wildman–Crippen LogP) is 3.07. The molecule has 1 aromatic carbocycles. The van der Waals surface area contributed by atoms with E-state index >= 15 is 0 Å². The zero-order chi connectivity index (χ0) is 19.1. The van der Waals surface area contributed by atoms with Crippen molar-refractivity contribution in [1.29, 1.82) is 0 Å². The van der Waals surface area contributed by atoms with Gasteiger partial charge in [0.1, 0.15) is 17.5 Å². The number of benzene rings is 1. The molecule has 3 rings (SSSR count). The zero-order valence-electron chi connectivity index (χ0n) is 15.8. The van der Waals surface area contributed by atoms with Gasteiger partial charge >= 0.3 is 12.1 Å². The van der Waals surface area contributed by atoms with Crippen molar-refractivity contribution in [2.45, 2.75) is 51.7 Å². The van der Waals surface area contributed by atoms with Crippen LogP contribution in [0, 0.1) is 17.3 Å². The van der Waals surface area contributed by atoms with Crippen molar-refractivity contribution >= 4 is 12.1 Å². The molecule has 1 saturated heterocycles. The van der Waals surface area contributed by atoms with E-state index in [1.54, 1.807) is 7.11 Å². The number of hydrogen-bond donors (Lipinski definition) is 1. The average molecular weight is 361 g/mol. The van der Waals surface area contributed by atoms with E-state index in [1.165, 1.54) is 0 Å². The first-order valence-electron chi connectivity index (χ1n) is 8.98. The highest BCUT2D eigenvalue weighted by molar-refractivity contribution is 5.77. The molecular formula is C20H27NO5. The summed E-state index contributed by atoms with van der Waals surface area (Å²) in [7, 11) is 1.63. The summed E-state index contributed by atoms with van der Waals surface area (Å²) >= 11 is 0. The first kappa shape index (κ1) is 18.5. The highest BCUT2D eigenvalue weighted by Gasteiger charge is 2.64.